The highest BCUT2D eigenvalue weighted by Gasteiger charge is 2.12. The van der Waals surface area contributed by atoms with Gasteiger partial charge in [0, 0.05) is 18.4 Å². The third-order valence-electron chi connectivity index (χ3n) is 3.94. The van der Waals surface area contributed by atoms with Gasteiger partial charge in [-0.3, -0.25) is 4.68 Å². The number of fused-ring (bicyclic) bond motifs is 1. The minimum atomic E-state index is 0.526. The molecule has 4 aromatic rings. The molecule has 0 saturated heterocycles. The maximum atomic E-state index is 4.64. The van der Waals surface area contributed by atoms with Crippen LogP contribution in [0.1, 0.15) is 5.56 Å². The predicted octanol–water partition coefficient (Wildman–Crippen LogP) is 4.16. The van der Waals surface area contributed by atoms with Crippen molar-refractivity contribution in [3.05, 3.63) is 66.4 Å². The van der Waals surface area contributed by atoms with E-state index in [0.29, 0.717) is 5.95 Å². The first-order chi connectivity index (χ1) is 12.2. The first-order valence-corrected chi connectivity index (χ1v) is 8.04. The molecule has 0 fully saturated rings. The number of nitrogens with zero attached hydrogens (tertiary/aromatic N) is 4. The Balaban J connectivity index is 1.74. The van der Waals surface area contributed by atoms with Gasteiger partial charge in [-0.25, -0.2) is 0 Å². The van der Waals surface area contributed by atoms with E-state index in [9.17, 15) is 0 Å². The third kappa shape index (κ3) is 3.14. The molecule has 2 heterocycles. The van der Waals surface area contributed by atoms with E-state index in [4.69, 9.17) is 0 Å². The van der Waals surface area contributed by atoms with Crippen LogP contribution in [0.15, 0.2) is 60.8 Å². The highest BCUT2D eigenvalue weighted by molar-refractivity contribution is 5.89. The molecule has 2 aromatic heterocycles. The lowest BCUT2D eigenvalue weighted by atomic mass is 10.2. The molecule has 2 aromatic carbocycles. The van der Waals surface area contributed by atoms with Crippen LogP contribution in [0.4, 0.5) is 23.1 Å². The van der Waals surface area contributed by atoms with Gasteiger partial charge in [0.25, 0.3) is 0 Å². The molecular formula is C19H18N6. The lowest BCUT2D eigenvalue weighted by Crippen LogP contribution is -2.03. The molecule has 6 nitrogen and oxygen atoms in total. The van der Waals surface area contributed by atoms with E-state index in [0.717, 1.165) is 28.2 Å². The Morgan fingerprint density at radius 3 is 2.32 bits per heavy atom. The molecule has 25 heavy (non-hydrogen) atoms. The average Bonchev–Trinajstić information content (AvgIpc) is 2.99. The average molecular weight is 330 g/mol. The van der Waals surface area contributed by atoms with Gasteiger partial charge in [0.1, 0.15) is 5.82 Å². The summed E-state index contributed by atoms with van der Waals surface area (Å²) >= 11 is 0. The first-order valence-electron chi connectivity index (χ1n) is 8.04. The van der Waals surface area contributed by atoms with Gasteiger partial charge in [-0.05, 0) is 31.2 Å². The van der Waals surface area contributed by atoms with Crippen LogP contribution in [0.3, 0.4) is 0 Å². The zero-order valence-electron chi connectivity index (χ0n) is 14.1. The fraction of sp³-hybridized carbons (Fsp3) is 0.105. The van der Waals surface area contributed by atoms with E-state index >= 15 is 0 Å². The van der Waals surface area contributed by atoms with Gasteiger partial charge in [0.05, 0.1) is 11.6 Å². The molecule has 0 spiro atoms. The molecule has 2 N–H and O–H groups in total. The van der Waals surface area contributed by atoms with E-state index in [1.807, 2.05) is 61.6 Å². The second-order valence-electron chi connectivity index (χ2n) is 5.88. The summed E-state index contributed by atoms with van der Waals surface area (Å²) in [6, 6.07) is 18.1. The quantitative estimate of drug-likeness (QED) is 0.588. The van der Waals surface area contributed by atoms with E-state index < -0.39 is 0 Å². The molecule has 0 atom stereocenters. The number of rotatable bonds is 4. The van der Waals surface area contributed by atoms with Crippen molar-refractivity contribution in [2.75, 3.05) is 10.6 Å². The highest BCUT2D eigenvalue weighted by atomic mass is 15.3. The van der Waals surface area contributed by atoms with E-state index in [1.165, 1.54) is 5.56 Å². The van der Waals surface area contributed by atoms with Gasteiger partial charge in [-0.2, -0.15) is 15.1 Å². The smallest absolute Gasteiger partial charge is 0.231 e. The summed E-state index contributed by atoms with van der Waals surface area (Å²) in [5.41, 5.74) is 3.88. The van der Waals surface area contributed by atoms with E-state index in [-0.39, 0.29) is 0 Å². The van der Waals surface area contributed by atoms with Crippen molar-refractivity contribution in [2.24, 2.45) is 7.05 Å². The number of hydrogen-bond acceptors (Lipinski definition) is 5. The van der Waals surface area contributed by atoms with Crippen molar-refractivity contribution in [1.82, 2.24) is 19.7 Å². The Kier molecular flexibility index (Phi) is 3.78. The zero-order chi connectivity index (χ0) is 17.2. The first kappa shape index (κ1) is 15.1. The standard InChI is InChI=1S/C19H18N6/c1-13-8-10-15(11-9-13)22-19-23-17(21-14-6-4-3-5-7-14)16-12-20-25(2)18(16)24-19/h3-12H,1-2H3,(H2,21,22,23,24). The van der Waals surface area contributed by atoms with Crippen molar-refractivity contribution < 1.29 is 0 Å². The van der Waals surface area contributed by atoms with Gasteiger partial charge < -0.3 is 10.6 Å². The van der Waals surface area contributed by atoms with Crippen molar-refractivity contribution in [1.29, 1.82) is 0 Å². The molecule has 0 aliphatic heterocycles. The lowest BCUT2D eigenvalue weighted by Gasteiger charge is -2.10. The van der Waals surface area contributed by atoms with Gasteiger partial charge >= 0.3 is 0 Å². The van der Waals surface area contributed by atoms with E-state index in [1.54, 1.807) is 10.9 Å². The molecule has 0 saturated carbocycles. The molecule has 0 aliphatic carbocycles. The fourth-order valence-electron chi connectivity index (χ4n) is 2.60. The minimum absolute atomic E-state index is 0.526. The van der Waals surface area contributed by atoms with Gasteiger partial charge in [0.15, 0.2) is 5.65 Å². The molecule has 0 bridgehead atoms. The number of hydrogen-bond donors (Lipinski definition) is 2. The normalized spacial score (nSPS) is 10.8. The Morgan fingerprint density at radius 1 is 0.840 bits per heavy atom. The number of nitrogens with one attached hydrogen (secondary N) is 2. The molecule has 0 aliphatic rings. The van der Waals surface area contributed by atoms with Crippen LogP contribution in [0.2, 0.25) is 0 Å². The van der Waals surface area contributed by atoms with Crippen LogP contribution in [-0.4, -0.2) is 19.7 Å². The second-order valence-corrected chi connectivity index (χ2v) is 5.88. The molecule has 0 radical (unpaired) electrons. The number of para-hydroxylation sites is 1. The van der Waals surface area contributed by atoms with Crippen molar-refractivity contribution in [2.45, 2.75) is 6.92 Å². The number of benzene rings is 2. The van der Waals surface area contributed by atoms with Gasteiger partial charge in [-0.1, -0.05) is 35.9 Å². The minimum Gasteiger partial charge on any atom is -0.339 e. The van der Waals surface area contributed by atoms with Crippen LogP contribution < -0.4 is 10.6 Å². The molecule has 6 heteroatoms. The summed E-state index contributed by atoms with van der Waals surface area (Å²) in [5.74, 6) is 1.25. The molecule has 124 valence electrons. The van der Waals surface area contributed by atoms with E-state index in [2.05, 4.69) is 32.6 Å². The Bertz CT molecular complexity index is 1010. The van der Waals surface area contributed by atoms with Crippen molar-refractivity contribution >= 4 is 34.2 Å². The molecule has 4 rings (SSSR count). The number of anilines is 4. The second kappa shape index (κ2) is 6.24. The van der Waals surface area contributed by atoms with Crippen LogP contribution in [0.5, 0.6) is 0 Å². The SMILES string of the molecule is Cc1ccc(Nc2nc(Nc3ccccc3)c3cnn(C)c3n2)cc1. The largest absolute Gasteiger partial charge is 0.339 e. The lowest BCUT2D eigenvalue weighted by molar-refractivity contribution is 0.786. The monoisotopic (exact) mass is 330 g/mol. The maximum absolute atomic E-state index is 4.64. The summed E-state index contributed by atoms with van der Waals surface area (Å²) in [6.45, 7) is 2.06. The van der Waals surface area contributed by atoms with Crippen LogP contribution >= 0.6 is 0 Å². The van der Waals surface area contributed by atoms with Gasteiger partial charge in [-0.15, -0.1) is 0 Å². The van der Waals surface area contributed by atoms with Crippen molar-refractivity contribution in [3.8, 4) is 0 Å². The topological polar surface area (TPSA) is 67.7 Å². The Labute approximate surface area is 145 Å². The molecule has 0 amide bonds. The zero-order valence-corrected chi connectivity index (χ0v) is 14.1. The summed E-state index contributed by atoms with van der Waals surface area (Å²) in [7, 11) is 1.87. The summed E-state index contributed by atoms with van der Waals surface area (Å²) in [5, 5.41) is 11.8. The van der Waals surface area contributed by atoms with Crippen LogP contribution in [-0.2, 0) is 7.05 Å². The molecular weight excluding hydrogens is 312 g/mol. The summed E-state index contributed by atoms with van der Waals surface area (Å²) in [6.07, 6.45) is 1.77. The number of aromatic nitrogens is 4. The maximum Gasteiger partial charge on any atom is 0.231 e. The van der Waals surface area contributed by atoms with Crippen LogP contribution in [0.25, 0.3) is 11.0 Å². The summed E-state index contributed by atoms with van der Waals surface area (Å²) in [4.78, 5) is 9.23. The van der Waals surface area contributed by atoms with Crippen molar-refractivity contribution in [3.63, 3.8) is 0 Å². The Hall–Kier alpha value is -3.41. The van der Waals surface area contributed by atoms with Gasteiger partial charge in [0.2, 0.25) is 5.95 Å². The third-order valence-corrected chi connectivity index (χ3v) is 3.94. The van der Waals surface area contributed by atoms with Crippen LogP contribution in [0, 0.1) is 6.92 Å². The highest BCUT2D eigenvalue weighted by Crippen LogP contribution is 2.26. The number of aryl methyl sites for hydroxylation is 2. The predicted molar refractivity (Wildman–Crippen MR) is 100 cm³/mol. The fourth-order valence-corrected chi connectivity index (χ4v) is 2.60. The molecule has 0 unspecified atom stereocenters. The summed E-state index contributed by atoms with van der Waals surface area (Å²) < 4.78 is 1.74. The Morgan fingerprint density at radius 2 is 1.56 bits per heavy atom.